The average Bonchev–Trinajstić information content (AvgIpc) is 3.16. The van der Waals surface area contributed by atoms with E-state index in [1.807, 2.05) is 23.1 Å². The molecule has 1 N–H and O–H groups in total. The van der Waals surface area contributed by atoms with Crippen molar-refractivity contribution in [3.63, 3.8) is 0 Å². The third-order valence-electron chi connectivity index (χ3n) is 4.53. The zero-order valence-corrected chi connectivity index (χ0v) is 15.9. The molecule has 0 atom stereocenters. The Morgan fingerprint density at radius 2 is 1.96 bits per heavy atom. The molecule has 6 nitrogen and oxygen atoms in total. The summed E-state index contributed by atoms with van der Waals surface area (Å²) in [4.78, 5) is 27.6. The van der Waals surface area contributed by atoms with Gasteiger partial charge in [0, 0.05) is 23.9 Å². The molecule has 1 aromatic heterocycles. The smallest absolute Gasteiger partial charge is 0.258 e. The minimum Gasteiger partial charge on any atom is -0.342 e. The number of amides is 2. The maximum atomic E-state index is 12.6. The van der Waals surface area contributed by atoms with Crippen LogP contribution >= 0.6 is 23.1 Å². The number of aromatic nitrogens is 2. The maximum Gasteiger partial charge on any atom is 0.258 e. The van der Waals surface area contributed by atoms with Crippen LogP contribution < -0.4 is 5.32 Å². The summed E-state index contributed by atoms with van der Waals surface area (Å²) in [6, 6.07) is 7.37. The number of anilines is 1. The normalized spacial score (nSPS) is 16.7. The second kappa shape index (κ2) is 7.75. The second-order valence-corrected chi connectivity index (χ2v) is 8.57. The van der Waals surface area contributed by atoms with E-state index in [0.29, 0.717) is 22.4 Å². The van der Waals surface area contributed by atoms with Crippen molar-refractivity contribution in [1.82, 2.24) is 15.1 Å². The Morgan fingerprint density at radius 3 is 2.73 bits per heavy atom. The van der Waals surface area contributed by atoms with Gasteiger partial charge in [0.1, 0.15) is 5.01 Å². The third-order valence-corrected chi connectivity index (χ3v) is 6.59. The summed E-state index contributed by atoms with van der Waals surface area (Å²) in [6.45, 7) is 1.70. The summed E-state index contributed by atoms with van der Waals surface area (Å²) in [5.74, 6) is 0.813. The van der Waals surface area contributed by atoms with Crippen molar-refractivity contribution < 1.29 is 9.59 Å². The topological polar surface area (TPSA) is 75.2 Å². The molecule has 2 heterocycles. The molecule has 0 radical (unpaired) electrons. The fourth-order valence-electron chi connectivity index (χ4n) is 2.92. The number of rotatable bonds is 6. The van der Waals surface area contributed by atoms with E-state index in [4.69, 9.17) is 0 Å². The molecule has 4 rings (SSSR count). The summed E-state index contributed by atoms with van der Waals surface area (Å²) in [7, 11) is 0. The quantitative estimate of drug-likeness (QED) is 0.768. The van der Waals surface area contributed by atoms with Crippen molar-refractivity contribution >= 4 is 40.0 Å². The molecule has 1 saturated carbocycles. The maximum absolute atomic E-state index is 12.6. The zero-order chi connectivity index (χ0) is 17.9. The summed E-state index contributed by atoms with van der Waals surface area (Å²) < 4.78 is 0. The molecule has 0 bridgehead atoms. The van der Waals surface area contributed by atoms with E-state index in [1.165, 1.54) is 23.1 Å². The Kier molecular flexibility index (Phi) is 5.21. The van der Waals surface area contributed by atoms with Gasteiger partial charge < -0.3 is 4.90 Å². The highest BCUT2D eigenvalue weighted by atomic mass is 32.2. The SMILES string of the molecule is O=C(Nc1nnc(C2CC2)s1)c1ccccc1SCC(=O)N1CCCC1. The van der Waals surface area contributed by atoms with E-state index in [0.717, 1.165) is 48.7 Å². The number of thioether (sulfide) groups is 1. The predicted molar refractivity (Wildman–Crippen MR) is 103 cm³/mol. The minimum absolute atomic E-state index is 0.140. The Morgan fingerprint density at radius 1 is 1.19 bits per heavy atom. The standard InChI is InChI=1S/C18H20N4O2S2/c23-15(22-9-3-4-10-22)11-25-14-6-2-1-5-13(14)16(24)19-18-21-20-17(26-18)12-7-8-12/h1-2,5-6,12H,3-4,7-11H2,(H,19,21,24). The van der Waals surface area contributed by atoms with Gasteiger partial charge in [-0.25, -0.2) is 0 Å². The number of carbonyl (C=O) groups is 2. The summed E-state index contributed by atoms with van der Waals surface area (Å²) in [5, 5.41) is 12.6. The van der Waals surface area contributed by atoms with Crippen LogP contribution in [0.3, 0.4) is 0 Å². The Bertz CT molecular complexity index is 813. The lowest BCUT2D eigenvalue weighted by Gasteiger charge is -2.15. The number of hydrogen-bond acceptors (Lipinski definition) is 6. The molecule has 136 valence electrons. The number of likely N-dealkylation sites (tertiary alicyclic amines) is 1. The van der Waals surface area contributed by atoms with E-state index in [9.17, 15) is 9.59 Å². The fraction of sp³-hybridized carbons (Fsp3) is 0.444. The predicted octanol–water partition coefficient (Wildman–Crippen LogP) is 3.38. The number of nitrogens with zero attached hydrogens (tertiary/aromatic N) is 3. The molecule has 0 unspecified atom stereocenters. The number of carbonyl (C=O) groups excluding carboxylic acids is 2. The van der Waals surface area contributed by atoms with Crippen LogP contribution in [0.15, 0.2) is 29.2 Å². The van der Waals surface area contributed by atoms with Gasteiger partial charge in [0.15, 0.2) is 0 Å². The molecular weight excluding hydrogens is 368 g/mol. The lowest BCUT2D eigenvalue weighted by atomic mass is 10.2. The van der Waals surface area contributed by atoms with Crippen molar-refractivity contribution in [2.45, 2.75) is 36.5 Å². The average molecular weight is 389 g/mol. The van der Waals surface area contributed by atoms with Crippen LogP contribution in [0.5, 0.6) is 0 Å². The molecule has 0 spiro atoms. The van der Waals surface area contributed by atoms with Crippen LogP contribution in [-0.2, 0) is 4.79 Å². The molecule has 1 saturated heterocycles. The van der Waals surface area contributed by atoms with Crippen molar-refractivity contribution in [3.05, 3.63) is 34.8 Å². The molecule has 26 heavy (non-hydrogen) atoms. The Hall–Kier alpha value is -1.93. The van der Waals surface area contributed by atoms with E-state index < -0.39 is 0 Å². The summed E-state index contributed by atoms with van der Waals surface area (Å²) in [5.41, 5.74) is 0.565. The van der Waals surface area contributed by atoms with Crippen LogP contribution in [0.1, 0.15) is 47.0 Å². The van der Waals surface area contributed by atoms with Gasteiger partial charge in [0.25, 0.3) is 5.91 Å². The van der Waals surface area contributed by atoms with Gasteiger partial charge >= 0.3 is 0 Å². The van der Waals surface area contributed by atoms with Gasteiger partial charge in [0.05, 0.1) is 11.3 Å². The Labute approximate surface area is 160 Å². The third kappa shape index (κ3) is 4.07. The van der Waals surface area contributed by atoms with Gasteiger partial charge in [-0.05, 0) is 37.8 Å². The van der Waals surface area contributed by atoms with Crippen molar-refractivity contribution in [2.75, 3.05) is 24.2 Å². The largest absolute Gasteiger partial charge is 0.342 e. The highest BCUT2D eigenvalue weighted by Crippen LogP contribution is 2.42. The molecule has 2 aromatic rings. The molecule has 1 aliphatic carbocycles. The summed E-state index contributed by atoms with van der Waals surface area (Å²) >= 11 is 2.86. The van der Waals surface area contributed by atoms with Crippen LogP contribution in [0.25, 0.3) is 0 Å². The first-order valence-electron chi connectivity index (χ1n) is 8.85. The van der Waals surface area contributed by atoms with Gasteiger partial charge in [-0.1, -0.05) is 23.5 Å². The van der Waals surface area contributed by atoms with Gasteiger partial charge in [0.2, 0.25) is 11.0 Å². The van der Waals surface area contributed by atoms with Crippen molar-refractivity contribution in [1.29, 1.82) is 0 Å². The highest BCUT2D eigenvalue weighted by Gasteiger charge is 2.28. The van der Waals surface area contributed by atoms with Gasteiger partial charge in [-0.15, -0.1) is 22.0 Å². The molecule has 8 heteroatoms. The first-order chi connectivity index (χ1) is 12.7. The van der Waals surface area contributed by atoms with Crippen LogP contribution in [0, 0.1) is 0 Å². The first kappa shape index (κ1) is 17.5. The molecule has 1 aromatic carbocycles. The molecular formula is C18H20N4O2S2. The van der Waals surface area contributed by atoms with E-state index in [1.54, 1.807) is 6.07 Å². The second-order valence-electron chi connectivity index (χ2n) is 6.55. The van der Waals surface area contributed by atoms with Crippen molar-refractivity contribution in [2.24, 2.45) is 0 Å². The van der Waals surface area contributed by atoms with Crippen LogP contribution in [0.4, 0.5) is 5.13 Å². The van der Waals surface area contributed by atoms with Gasteiger partial charge in [-0.2, -0.15) is 0 Å². The first-order valence-corrected chi connectivity index (χ1v) is 10.7. The number of benzene rings is 1. The highest BCUT2D eigenvalue weighted by molar-refractivity contribution is 8.00. The summed E-state index contributed by atoms with van der Waals surface area (Å²) in [6.07, 6.45) is 4.49. The molecule has 2 fully saturated rings. The van der Waals surface area contributed by atoms with Crippen LogP contribution in [0.2, 0.25) is 0 Å². The van der Waals surface area contributed by atoms with E-state index in [-0.39, 0.29) is 11.8 Å². The molecule has 2 amide bonds. The van der Waals surface area contributed by atoms with Crippen molar-refractivity contribution in [3.8, 4) is 0 Å². The fourth-order valence-corrected chi connectivity index (χ4v) is 4.78. The number of hydrogen-bond donors (Lipinski definition) is 1. The Balaban J connectivity index is 1.40. The minimum atomic E-state index is -0.208. The van der Waals surface area contributed by atoms with Crippen LogP contribution in [-0.4, -0.2) is 45.8 Å². The lowest BCUT2D eigenvalue weighted by molar-refractivity contribution is -0.127. The zero-order valence-electron chi connectivity index (χ0n) is 14.3. The lowest BCUT2D eigenvalue weighted by Crippen LogP contribution is -2.29. The molecule has 1 aliphatic heterocycles. The van der Waals surface area contributed by atoms with E-state index in [2.05, 4.69) is 15.5 Å². The van der Waals surface area contributed by atoms with Gasteiger partial charge in [-0.3, -0.25) is 14.9 Å². The number of nitrogens with one attached hydrogen (secondary N) is 1. The monoisotopic (exact) mass is 388 g/mol. The van der Waals surface area contributed by atoms with E-state index >= 15 is 0 Å². The molecule has 2 aliphatic rings.